The molecule has 2 aliphatic rings. The third kappa shape index (κ3) is 5.30. The van der Waals surface area contributed by atoms with Gasteiger partial charge in [0.05, 0.1) is 0 Å². The van der Waals surface area contributed by atoms with Crippen molar-refractivity contribution in [2.75, 3.05) is 40.9 Å². The molecule has 40 heavy (non-hydrogen) atoms. The van der Waals surface area contributed by atoms with E-state index in [-0.39, 0.29) is 5.78 Å². The minimum absolute atomic E-state index is 0.0927. The van der Waals surface area contributed by atoms with Crippen molar-refractivity contribution in [1.29, 1.82) is 0 Å². The number of aryl methyl sites for hydroxylation is 2. The molecule has 1 saturated heterocycles. The van der Waals surface area contributed by atoms with E-state index in [0.717, 1.165) is 65.1 Å². The summed E-state index contributed by atoms with van der Waals surface area (Å²) in [7, 11) is 0. The molecule has 5 rings (SSSR count). The predicted molar refractivity (Wildman–Crippen MR) is 164 cm³/mol. The van der Waals surface area contributed by atoms with Crippen LogP contribution >= 0.6 is 15.9 Å². The maximum absolute atomic E-state index is 13.2. The van der Waals surface area contributed by atoms with Crippen LogP contribution in [0, 0.1) is 13.8 Å². The predicted octanol–water partition coefficient (Wildman–Crippen LogP) is 5.35. The summed E-state index contributed by atoms with van der Waals surface area (Å²) in [4.78, 5) is 32.0. The number of hydrazone groups is 1. The number of nitrogens with zero attached hydrogens (tertiary/aromatic N) is 5. The van der Waals surface area contributed by atoms with Crippen molar-refractivity contribution in [3.63, 3.8) is 0 Å². The second kappa shape index (κ2) is 11.3. The fraction of sp³-hybridized carbons (Fsp3) is 0.323. The molecule has 1 N–H and O–H groups in total. The van der Waals surface area contributed by atoms with Crippen molar-refractivity contribution in [1.82, 2.24) is 5.01 Å². The number of amidine groups is 1. The number of phenolic OH excluding ortho intramolecular Hbond substituents is 1. The van der Waals surface area contributed by atoms with E-state index in [1.54, 1.807) is 24.1 Å². The average Bonchev–Trinajstić information content (AvgIpc) is 3.31. The number of rotatable bonds is 7. The number of Topliss-reactive ketones (excluding diaryl/α,β-unsaturated/α-hetero) is 1. The molecule has 8 nitrogen and oxygen atoms in total. The summed E-state index contributed by atoms with van der Waals surface area (Å²) in [5, 5.41) is 16.3. The third-order valence-corrected chi connectivity index (χ3v) is 8.31. The molecule has 9 heteroatoms. The molecule has 0 radical (unpaired) electrons. The van der Waals surface area contributed by atoms with E-state index >= 15 is 0 Å². The van der Waals surface area contributed by atoms with Gasteiger partial charge in [-0.1, -0.05) is 28.1 Å². The van der Waals surface area contributed by atoms with Gasteiger partial charge >= 0.3 is 0 Å². The Labute approximate surface area is 243 Å². The van der Waals surface area contributed by atoms with Crippen LogP contribution < -0.4 is 14.7 Å². The van der Waals surface area contributed by atoms with Crippen LogP contribution in [0.4, 0.5) is 17.1 Å². The highest BCUT2D eigenvalue weighted by Gasteiger charge is 2.38. The molecule has 2 heterocycles. The Hall–Kier alpha value is -3.85. The maximum Gasteiger partial charge on any atom is 0.186 e. The Balaban J connectivity index is 1.26. The Morgan fingerprint density at radius 3 is 1.98 bits per heavy atom. The summed E-state index contributed by atoms with van der Waals surface area (Å²) < 4.78 is 0.900. The van der Waals surface area contributed by atoms with Gasteiger partial charge < -0.3 is 14.9 Å². The van der Waals surface area contributed by atoms with Crippen LogP contribution in [0.1, 0.15) is 35.3 Å². The number of ketones is 1. The topological polar surface area (TPSA) is 79.7 Å². The third-order valence-electron chi connectivity index (χ3n) is 7.78. The number of carbonyl (C=O) groups is 2. The second-order valence-corrected chi connectivity index (χ2v) is 11.3. The van der Waals surface area contributed by atoms with Gasteiger partial charge in [0, 0.05) is 53.3 Å². The van der Waals surface area contributed by atoms with Crippen molar-refractivity contribution in [3.8, 4) is 5.75 Å². The lowest BCUT2D eigenvalue weighted by Gasteiger charge is -2.38. The molecular formula is C31H34BrN5O3. The Bertz CT molecular complexity index is 1410. The number of aromatic hydroxyl groups is 1. The summed E-state index contributed by atoms with van der Waals surface area (Å²) in [6.45, 7) is 11.0. The van der Waals surface area contributed by atoms with E-state index < -0.39 is 12.2 Å². The monoisotopic (exact) mass is 603 g/mol. The highest BCUT2D eigenvalue weighted by atomic mass is 79.9. The summed E-state index contributed by atoms with van der Waals surface area (Å²) in [6.07, 6.45) is 0.131. The van der Waals surface area contributed by atoms with Gasteiger partial charge in [-0.3, -0.25) is 19.5 Å². The van der Waals surface area contributed by atoms with Crippen LogP contribution in [0.15, 0.2) is 70.2 Å². The SMILES string of the molecule is CC1=NN(C(C)C(=O)c2ccc(Br)cc2)C(C=O)N1c1ccc(N2CCN(c3cc(C)c(O)c(C)c3)CC2)cc1. The normalized spacial score (nSPS) is 18.1. The molecule has 2 aliphatic heterocycles. The van der Waals surface area contributed by atoms with E-state index in [1.807, 2.05) is 62.1 Å². The highest BCUT2D eigenvalue weighted by Crippen LogP contribution is 2.31. The Morgan fingerprint density at radius 1 is 0.900 bits per heavy atom. The summed E-state index contributed by atoms with van der Waals surface area (Å²) >= 11 is 3.40. The van der Waals surface area contributed by atoms with Crippen molar-refractivity contribution >= 4 is 50.9 Å². The van der Waals surface area contributed by atoms with Gasteiger partial charge in [0.1, 0.15) is 17.6 Å². The standard InChI is InChI=1S/C31H34BrN5O3/c1-20-17-28(18-21(2)30(20)39)35-15-13-34(14-16-35)26-9-11-27(12-10-26)36-23(4)33-37(29(36)19-38)22(3)31(40)24-5-7-25(32)8-6-24/h5-12,17-19,22,29,39H,13-16H2,1-4H3. The molecule has 1 fully saturated rings. The van der Waals surface area contributed by atoms with E-state index in [0.29, 0.717) is 17.1 Å². The van der Waals surface area contributed by atoms with Crippen molar-refractivity contribution < 1.29 is 14.7 Å². The zero-order valence-electron chi connectivity index (χ0n) is 23.2. The Kier molecular flexibility index (Phi) is 7.85. The van der Waals surface area contributed by atoms with Gasteiger partial charge in [-0.25, -0.2) is 0 Å². The van der Waals surface area contributed by atoms with Gasteiger partial charge in [-0.2, -0.15) is 5.10 Å². The molecule has 2 atom stereocenters. The first-order valence-electron chi connectivity index (χ1n) is 13.5. The van der Waals surface area contributed by atoms with Crippen LogP contribution in [0.25, 0.3) is 0 Å². The fourth-order valence-electron chi connectivity index (χ4n) is 5.50. The van der Waals surface area contributed by atoms with Gasteiger partial charge in [0.2, 0.25) is 0 Å². The zero-order valence-corrected chi connectivity index (χ0v) is 24.8. The summed E-state index contributed by atoms with van der Waals surface area (Å²) in [6, 6.07) is 18.9. The largest absolute Gasteiger partial charge is 0.507 e. The average molecular weight is 605 g/mol. The molecule has 0 spiro atoms. The van der Waals surface area contributed by atoms with Crippen molar-refractivity contribution in [2.24, 2.45) is 5.10 Å². The quantitative estimate of drug-likeness (QED) is 0.288. The Morgan fingerprint density at radius 2 is 1.43 bits per heavy atom. The number of aldehydes is 1. The van der Waals surface area contributed by atoms with Crippen LogP contribution in [0.2, 0.25) is 0 Å². The lowest BCUT2D eigenvalue weighted by Crippen LogP contribution is -2.48. The van der Waals surface area contributed by atoms with Crippen LogP contribution in [-0.4, -0.2) is 66.4 Å². The number of anilines is 3. The van der Waals surface area contributed by atoms with Crippen molar-refractivity contribution in [2.45, 2.75) is 39.9 Å². The number of hydrogen-bond donors (Lipinski definition) is 1. The number of halogens is 1. The van der Waals surface area contributed by atoms with E-state index in [4.69, 9.17) is 0 Å². The first-order chi connectivity index (χ1) is 19.2. The number of piperazine rings is 1. The molecular weight excluding hydrogens is 570 g/mol. The summed E-state index contributed by atoms with van der Waals surface area (Å²) in [5.41, 5.74) is 5.48. The smallest absolute Gasteiger partial charge is 0.186 e. The van der Waals surface area contributed by atoms with E-state index in [2.05, 4.69) is 43.0 Å². The van der Waals surface area contributed by atoms with Gasteiger partial charge in [-0.15, -0.1) is 0 Å². The molecule has 3 aromatic carbocycles. The van der Waals surface area contributed by atoms with Gasteiger partial charge in [-0.05, 0) is 87.4 Å². The lowest BCUT2D eigenvalue weighted by atomic mass is 10.0. The highest BCUT2D eigenvalue weighted by molar-refractivity contribution is 9.10. The molecule has 2 unspecified atom stereocenters. The molecule has 0 saturated carbocycles. The number of hydrogen-bond acceptors (Lipinski definition) is 8. The molecule has 208 valence electrons. The van der Waals surface area contributed by atoms with E-state index in [1.165, 1.54) is 0 Å². The summed E-state index contributed by atoms with van der Waals surface area (Å²) in [5.74, 6) is 0.935. The number of phenols is 1. The number of benzene rings is 3. The van der Waals surface area contributed by atoms with Crippen molar-refractivity contribution in [3.05, 3.63) is 81.8 Å². The number of carbonyl (C=O) groups excluding carboxylic acids is 2. The molecule has 0 aromatic heterocycles. The maximum atomic E-state index is 13.2. The van der Waals surface area contributed by atoms with E-state index in [9.17, 15) is 14.7 Å². The van der Waals surface area contributed by atoms with Crippen LogP contribution in [-0.2, 0) is 4.79 Å². The first-order valence-corrected chi connectivity index (χ1v) is 14.2. The minimum atomic E-state index is -0.707. The fourth-order valence-corrected chi connectivity index (χ4v) is 5.76. The van der Waals surface area contributed by atoms with Gasteiger partial charge in [0.25, 0.3) is 0 Å². The second-order valence-electron chi connectivity index (χ2n) is 10.4. The molecule has 0 aliphatic carbocycles. The van der Waals surface area contributed by atoms with Crippen LogP contribution in [0.5, 0.6) is 5.75 Å². The first kappa shape index (κ1) is 27.7. The zero-order chi connectivity index (χ0) is 28.6. The lowest BCUT2D eigenvalue weighted by molar-refractivity contribution is -0.112. The molecule has 0 bridgehead atoms. The molecule has 0 amide bonds. The molecule has 3 aromatic rings. The minimum Gasteiger partial charge on any atom is -0.507 e. The van der Waals surface area contributed by atoms with Crippen LogP contribution in [0.3, 0.4) is 0 Å². The van der Waals surface area contributed by atoms with Gasteiger partial charge in [0.15, 0.2) is 18.2 Å².